The van der Waals surface area contributed by atoms with E-state index in [2.05, 4.69) is 24.8 Å². The molecule has 114 valence electrons. The summed E-state index contributed by atoms with van der Waals surface area (Å²) in [4.78, 5) is 2.43. The van der Waals surface area contributed by atoms with Crippen molar-refractivity contribution in [1.29, 1.82) is 0 Å². The molecule has 1 atom stereocenters. The Hall–Kier alpha value is -1.26. The van der Waals surface area contributed by atoms with E-state index in [1.807, 2.05) is 12.1 Å². The summed E-state index contributed by atoms with van der Waals surface area (Å²) < 4.78 is 10.8. The third-order valence-corrected chi connectivity index (χ3v) is 3.49. The lowest BCUT2D eigenvalue weighted by atomic mass is 10.0. The van der Waals surface area contributed by atoms with Crippen molar-refractivity contribution in [3.8, 4) is 11.5 Å². The van der Waals surface area contributed by atoms with Crippen LogP contribution in [0.4, 0.5) is 0 Å². The molecule has 0 spiro atoms. The number of nitrogens with two attached hydrogens (primary N) is 1. The van der Waals surface area contributed by atoms with Gasteiger partial charge in [0.15, 0.2) is 0 Å². The van der Waals surface area contributed by atoms with Crippen molar-refractivity contribution in [3.05, 3.63) is 23.8 Å². The molecule has 1 unspecified atom stereocenters. The predicted molar refractivity (Wildman–Crippen MR) is 83.5 cm³/mol. The molecular formula is C16H28N2O2. The van der Waals surface area contributed by atoms with E-state index in [9.17, 15) is 0 Å². The largest absolute Gasteiger partial charge is 0.497 e. The molecule has 0 bridgehead atoms. The minimum absolute atomic E-state index is 0.191. The van der Waals surface area contributed by atoms with Crippen LogP contribution < -0.4 is 15.2 Å². The first-order valence-electron chi connectivity index (χ1n) is 7.37. The number of rotatable bonds is 9. The number of methoxy groups -OCH3 is 2. The van der Waals surface area contributed by atoms with E-state index in [4.69, 9.17) is 15.2 Å². The topological polar surface area (TPSA) is 47.7 Å². The molecule has 1 aromatic carbocycles. The van der Waals surface area contributed by atoms with Crippen molar-refractivity contribution in [2.75, 3.05) is 33.9 Å². The molecule has 0 radical (unpaired) electrons. The Kier molecular flexibility index (Phi) is 7.41. The van der Waals surface area contributed by atoms with Crippen LogP contribution in [-0.4, -0.2) is 38.8 Å². The number of nitrogens with zero attached hydrogens (tertiary/aromatic N) is 1. The van der Waals surface area contributed by atoms with Gasteiger partial charge < -0.3 is 15.2 Å². The van der Waals surface area contributed by atoms with E-state index in [-0.39, 0.29) is 6.04 Å². The van der Waals surface area contributed by atoms with Gasteiger partial charge in [-0.15, -0.1) is 0 Å². The standard InChI is InChI=1S/C16H28N2O2/c1-5-9-18(10-6-2)15(12-17)14-8-7-13(19-3)11-16(14)20-4/h7-8,11,15H,5-6,9-10,12,17H2,1-4H3. The van der Waals surface area contributed by atoms with E-state index < -0.39 is 0 Å². The zero-order chi connectivity index (χ0) is 15.0. The van der Waals surface area contributed by atoms with Crippen molar-refractivity contribution >= 4 is 0 Å². The van der Waals surface area contributed by atoms with Crippen LogP contribution in [0.3, 0.4) is 0 Å². The molecule has 1 aromatic rings. The van der Waals surface area contributed by atoms with Crippen LogP contribution >= 0.6 is 0 Å². The molecule has 0 saturated heterocycles. The maximum Gasteiger partial charge on any atom is 0.127 e. The van der Waals surface area contributed by atoms with Gasteiger partial charge in [0.1, 0.15) is 11.5 Å². The summed E-state index contributed by atoms with van der Waals surface area (Å²) in [5, 5.41) is 0. The highest BCUT2D eigenvalue weighted by Crippen LogP contribution is 2.32. The number of hydrogen-bond donors (Lipinski definition) is 1. The smallest absolute Gasteiger partial charge is 0.127 e. The van der Waals surface area contributed by atoms with E-state index in [1.165, 1.54) is 0 Å². The summed E-state index contributed by atoms with van der Waals surface area (Å²) in [6.07, 6.45) is 2.24. The molecule has 2 N–H and O–H groups in total. The average Bonchev–Trinajstić information content (AvgIpc) is 2.48. The number of benzene rings is 1. The van der Waals surface area contributed by atoms with Gasteiger partial charge in [-0.1, -0.05) is 19.9 Å². The van der Waals surface area contributed by atoms with E-state index in [0.717, 1.165) is 43.0 Å². The van der Waals surface area contributed by atoms with Gasteiger partial charge in [-0.25, -0.2) is 0 Å². The minimum atomic E-state index is 0.191. The molecule has 0 fully saturated rings. The van der Waals surface area contributed by atoms with Crippen LogP contribution in [0.2, 0.25) is 0 Å². The molecule has 0 amide bonds. The highest BCUT2D eigenvalue weighted by molar-refractivity contribution is 5.42. The Morgan fingerprint density at radius 3 is 2.20 bits per heavy atom. The zero-order valence-corrected chi connectivity index (χ0v) is 13.2. The van der Waals surface area contributed by atoms with Crippen molar-refractivity contribution in [1.82, 2.24) is 4.90 Å². The first-order valence-corrected chi connectivity index (χ1v) is 7.37. The van der Waals surface area contributed by atoms with Gasteiger partial charge >= 0.3 is 0 Å². The van der Waals surface area contributed by atoms with Gasteiger partial charge in [-0.3, -0.25) is 4.90 Å². The third kappa shape index (κ3) is 4.12. The molecule has 0 heterocycles. The Labute approximate surface area is 122 Å². The Bertz CT molecular complexity index is 390. The first-order chi connectivity index (χ1) is 9.71. The van der Waals surface area contributed by atoms with Gasteiger partial charge in [-0.2, -0.15) is 0 Å². The summed E-state index contributed by atoms with van der Waals surface area (Å²) in [6, 6.07) is 6.15. The second-order valence-electron chi connectivity index (χ2n) is 4.90. The molecule has 1 rings (SSSR count). The molecule has 0 aliphatic rings. The summed E-state index contributed by atoms with van der Waals surface area (Å²) in [5.74, 6) is 1.65. The normalized spacial score (nSPS) is 12.5. The molecule has 0 aromatic heterocycles. The molecule has 0 aliphatic carbocycles. The molecule has 4 heteroatoms. The summed E-state index contributed by atoms with van der Waals surface area (Å²) in [7, 11) is 3.35. The van der Waals surface area contributed by atoms with Gasteiger partial charge in [0, 0.05) is 18.2 Å². The van der Waals surface area contributed by atoms with E-state index >= 15 is 0 Å². The maximum atomic E-state index is 6.03. The summed E-state index contributed by atoms with van der Waals surface area (Å²) >= 11 is 0. The van der Waals surface area contributed by atoms with Gasteiger partial charge in [0.05, 0.1) is 20.3 Å². The summed E-state index contributed by atoms with van der Waals surface area (Å²) in [5.41, 5.74) is 7.17. The van der Waals surface area contributed by atoms with Gasteiger partial charge in [0.2, 0.25) is 0 Å². The highest BCUT2D eigenvalue weighted by atomic mass is 16.5. The molecule has 20 heavy (non-hydrogen) atoms. The Morgan fingerprint density at radius 2 is 1.75 bits per heavy atom. The molecular weight excluding hydrogens is 252 g/mol. The Morgan fingerprint density at radius 1 is 1.10 bits per heavy atom. The molecule has 0 aliphatic heterocycles. The van der Waals surface area contributed by atoms with Crippen molar-refractivity contribution < 1.29 is 9.47 Å². The summed E-state index contributed by atoms with van der Waals surface area (Å²) in [6.45, 7) is 7.07. The predicted octanol–water partition coefficient (Wildman–Crippen LogP) is 2.83. The SMILES string of the molecule is CCCN(CCC)C(CN)c1ccc(OC)cc1OC. The number of ether oxygens (including phenoxy) is 2. The van der Waals surface area contributed by atoms with Crippen LogP contribution in [0.15, 0.2) is 18.2 Å². The third-order valence-electron chi connectivity index (χ3n) is 3.49. The highest BCUT2D eigenvalue weighted by Gasteiger charge is 2.21. The molecule has 0 saturated carbocycles. The minimum Gasteiger partial charge on any atom is -0.497 e. The quantitative estimate of drug-likeness (QED) is 0.755. The lowest BCUT2D eigenvalue weighted by molar-refractivity contribution is 0.198. The lowest BCUT2D eigenvalue weighted by Crippen LogP contribution is -2.35. The van der Waals surface area contributed by atoms with Crippen LogP contribution in [0.1, 0.15) is 38.3 Å². The Balaban J connectivity index is 3.08. The maximum absolute atomic E-state index is 6.03. The van der Waals surface area contributed by atoms with Gasteiger partial charge in [0.25, 0.3) is 0 Å². The van der Waals surface area contributed by atoms with Crippen LogP contribution in [0.25, 0.3) is 0 Å². The lowest BCUT2D eigenvalue weighted by Gasteiger charge is -2.31. The van der Waals surface area contributed by atoms with Crippen molar-refractivity contribution in [3.63, 3.8) is 0 Å². The van der Waals surface area contributed by atoms with Crippen LogP contribution in [0, 0.1) is 0 Å². The second-order valence-corrected chi connectivity index (χ2v) is 4.90. The van der Waals surface area contributed by atoms with Crippen molar-refractivity contribution in [2.45, 2.75) is 32.7 Å². The fourth-order valence-electron chi connectivity index (χ4n) is 2.56. The fraction of sp³-hybridized carbons (Fsp3) is 0.625. The molecule has 4 nitrogen and oxygen atoms in total. The van der Waals surface area contributed by atoms with Crippen molar-refractivity contribution in [2.24, 2.45) is 5.73 Å². The first kappa shape index (κ1) is 16.8. The van der Waals surface area contributed by atoms with Gasteiger partial charge in [-0.05, 0) is 32.0 Å². The zero-order valence-electron chi connectivity index (χ0n) is 13.2. The number of hydrogen-bond acceptors (Lipinski definition) is 4. The van der Waals surface area contributed by atoms with Crippen LogP contribution in [0.5, 0.6) is 11.5 Å². The van der Waals surface area contributed by atoms with Crippen LogP contribution in [-0.2, 0) is 0 Å². The van der Waals surface area contributed by atoms with E-state index in [1.54, 1.807) is 14.2 Å². The second kappa shape index (κ2) is 8.82. The monoisotopic (exact) mass is 280 g/mol. The van der Waals surface area contributed by atoms with E-state index in [0.29, 0.717) is 6.54 Å². The average molecular weight is 280 g/mol. The fourth-order valence-corrected chi connectivity index (χ4v) is 2.56.